The van der Waals surface area contributed by atoms with E-state index in [1.807, 2.05) is 0 Å². The van der Waals surface area contributed by atoms with Gasteiger partial charge >= 0.3 is 0 Å². The fourth-order valence-corrected chi connectivity index (χ4v) is 8.24. The third kappa shape index (κ3) is 4.30. The largest absolute Gasteiger partial charge is 0.350 e. The van der Waals surface area contributed by atoms with Gasteiger partial charge in [-0.2, -0.15) is 16.1 Å². The lowest BCUT2D eigenvalue weighted by Crippen LogP contribution is -2.40. The molecule has 1 aromatic carbocycles. The lowest BCUT2D eigenvalue weighted by atomic mass is 9.79. The molecule has 1 saturated heterocycles. The Balaban J connectivity index is 1.52. The Morgan fingerprint density at radius 1 is 1.10 bits per heavy atom. The standard InChI is InChI=1S/C21H25FN2O3S3/c22-17-5-3-16(4-6-17)21(8-1-2-9-21)15-23-20(25)19-18(7-12-29-19)30(26,27)24-10-13-28-14-11-24/h3-7,12H,1-2,8-11,13-15H2,(H,23,25). The Morgan fingerprint density at radius 2 is 1.77 bits per heavy atom. The molecule has 2 heterocycles. The first-order chi connectivity index (χ1) is 14.4. The van der Waals surface area contributed by atoms with Crippen LogP contribution in [0.3, 0.4) is 0 Å². The van der Waals surface area contributed by atoms with Crippen molar-refractivity contribution in [3.63, 3.8) is 0 Å². The molecule has 30 heavy (non-hydrogen) atoms. The number of nitrogens with one attached hydrogen (secondary N) is 1. The summed E-state index contributed by atoms with van der Waals surface area (Å²) >= 11 is 2.89. The summed E-state index contributed by atoms with van der Waals surface area (Å²) in [7, 11) is -3.68. The molecular weight excluding hydrogens is 443 g/mol. The van der Waals surface area contributed by atoms with Crippen molar-refractivity contribution in [3.05, 3.63) is 52.0 Å². The summed E-state index contributed by atoms with van der Waals surface area (Å²) in [6.07, 6.45) is 3.94. The third-order valence-electron chi connectivity index (χ3n) is 6.03. The molecule has 1 amide bonds. The van der Waals surface area contributed by atoms with E-state index in [1.54, 1.807) is 29.3 Å². The highest BCUT2D eigenvalue weighted by atomic mass is 32.2. The number of halogens is 1. The van der Waals surface area contributed by atoms with Crippen LogP contribution in [-0.4, -0.2) is 49.8 Å². The Bertz CT molecular complexity index is 993. The Morgan fingerprint density at radius 3 is 2.43 bits per heavy atom. The van der Waals surface area contributed by atoms with Gasteiger partial charge < -0.3 is 5.32 Å². The number of thiophene rings is 1. The number of carbonyl (C=O) groups excluding carboxylic acids is 1. The molecule has 0 radical (unpaired) electrons. The minimum atomic E-state index is -3.68. The molecule has 0 unspecified atom stereocenters. The number of sulfonamides is 1. The van der Waals surface area contributed by atoms with Gasteiger partial charge in [-0.05, 0) is 42.0 Å². The van der Waals surface area contributed by atoms with E-state index in [9.17, 15) is 17.6 Å². The van der Waals surface area contributed by atoms with Gasteiger partial charge in [-0.1, -0.05) is 25.0 Å². The van der Waals surface area contributed by atoms with E-state index in [0.717, 1.165) is 54.1 Å². The van der Waals surface area contributed by atoms with E-state index in [0.29, 0.717) is 19.6 Å². The minimum Gasteiger partial charge on any atom is -0.350 e. The second-order valence-corrected chi connectivity index (χ2v) is 11.9. The van der Waals surface area contributed by atoms with Crippen molar-refractivity contribution in [2.75, 3.05) is 31.1 Å². The number of amides is 1. The van der Waals surface area contributed by atoms with Crippen LogP contribution in [0.4, 0.5) is 4.39 Å². The normalized spacial score (nSPS) is 19.6. The first kappa shape index (κ1) is 21.8. The lowest BCUT2D eigenvalue weighted by Gasteiger charge is -2.30. The van der Waals surface area contributed by atoms with Crippen LogP contribution in [0.25, 0.3) is 0 Å². The van der Waals surface area contributed by atoms with Gasteiger partial charge in [0.2, 0.25) is 10.0 Å². The molecule has 1 N–H and O–H groups in total. The van der Waals surface area contributed by atoms with Crippen LogP contribution in [0.1, 0.15) is 40.9 Å². The van der Waals surface area contributed by atoms with Crippen LogP contribution >= 0.6 is 23.1 Å². The summed E-state index contributed by atoms with van der Waals surface area (Å²) < 4.78 is 41.0. The third-order valence-corrected chi connectivity index (χ3v) is 9.95. The zero-order chi connectivity index (χ0) is 21.2. The molecule has 1 aromatic heterocycles. The Labute approximate surface area is 185 Å². The Kier molecular flexibility index (Phi) is 6.53. The fraction of sp³-hybridized carbons (Fsp3) is 0.476. The maximum absolute atomic E-state index is 13.4. The summed E-state index contributed by atoms with van der Waals surface area (Å²) in [5, 5.41) is 4.65. The van der Waals surface area contributed by atoms with Crippen LogP contribution in [0.15, 0.2) is 40.6 Å². The summed E-state index contributed by atoms with van der Waals surface area (Å²) in [6.45, 7) is 1.35. The summed E-state index contributed by atoms with van der Waals surface area (Å²) in [5.41, 5.74) is 0.788. The van der Waals surface area contributed by atoms with Crippen molar-refractivity contribution < 1.29 is 17.6 Å². The van der Waals surface area contributed by atoms with Gasteiger partial charge in [-0.15, -0.1) is 11.3 Å². The van der Waals surface area contributed by atoms with Crippen LogP contribution in [-0.2, 0) is 15.4 Å². The van der Waals surface area contributed by atoms with Crippen molar-refractivity contribution in [3.8, 4) is 0 Å². The molecule has 5 nitrogen and oxygen atoms in total. The highest BCUT2D eigenvalue weighted by Gasteiger charge is 2.37. The summed E-state index contributed by atoms with van der Waals surface area (Å²) in [4.78, 5) is 13.3. The smallest absolute Gasteiger partial charge is 0.262 e. The van der Waals surface area contributed by atoms with Crippen LogP contribution in [0.5, 0.6) is 0 Å². The first-order valence-corrected chi connectivity index (χ1v) is 13.6. The molecule has 0 atom stereocenters. The number of rotatable bonds is 6. The zero-order valence-electron chi connectivity index (χ0n) is 16.6. The number of nitrogens with zero attached hydrogens (tertiary/aromatic N) is 1. The molecule has 1 saturated carbocycles. The van der Waals surface area contributed by atoms with Crippen LogP contribution < -0.4 is 5.32 Å². The fourth-order valence-electron chi connectivity index (χ4n) is 4.34. The van der Waals surface area contributed by atoms with E-state index < -0.39 is 10.0 Å². The first-order valence-electron chi connectivity index (χ1n) is 10.1. The highest BCUT2D eigenvalue weighted by Crippen LogP contribution is 2.41. The molecule has 2 aliphatic rings. The van der Waals surface area contributed by atoms with Crippen molar-refractivity contribution in [1.82, 2.24) is 9.62 Å². The van der Waals surface area contributed by atoms with Crippen molar-refractivity contribution >= 4 is 39.0 Å². The minimum absolute atomic E-state index is 0.0964. The SMILES string of the molecule is O=C(NCC1(c2ccc(F)cc2)CCCC1)c1sccc1S(=O)(=O)N1CCSCC1. The maximum atomic E-state index is 13.4. The average Bonchev–Trinajstić information content (AvgIpc) is 3.44. The molecule has 1 aliphatic carbocycles. The molecule has 2 aromatic rings. The monoisotopic (exact) mass is 468 g/mol. The molecule has 9 heteroatoms. The zero-order valence-corrected chi connectivity index (χ0v) is 19.1. The van der Waals surface area contributed by atoms with E-state index in [2.05, 4.69) is 5.32 Å². The predicted octanol–water partition coefficient (Wildman–Crippen LogP) is 3.87. The number of hydrogen-bond acceptors (Lipinski definition) is 5. The van der Waals surface area contributed by atoms with Crippen LogP contribution in [0, 0.1) is 5.82 Å². The molecule has 162 valence electrons. The predicted molar refractivity (Wildman–Crippen MR) is 119 cm³/mol. The van der Waals surface area contributed by atoms with E-state index >= 15 is 0 Å². The number of thioether (sulfide) groups is 1. The van der Waals surface area contributed by atoms with Crippen molar-refractivity contribution in [2.45, 2.75) is 36.0 Å². The second kappa shape index (κ2) is 8.98. The van der Waals surface area contributed by atoms with E-state index in [4.69, 9.17) is 0 Å². The van der Waals surface area contributed by atoms with E-state index in [1.165, 1.54) is 22.5 Å². The maximum Gasteiger partial charge on any atom is 0.262 e. The number of carbonyl (C=O) groups is 1. The molecule has 4 rings (SSSR count). The molecule has 0 bridgehead atoms. The van der Waals surface area contributed by atoms with Gasteiger partial charge in [0.25, 0.3) is 5.91 Å². The lowest BCUT2D eigenvalue weighted by molar-refractivity contribution is 0.0944. The van der Waals surface area contributed by atoms with Crippen molar-refractivity contribution in [1.29, 1.82) is 0 Å². The summed E-state index contributed by atoms with van der Waals surface area (Å²) in [5.74, 6) is 0.903. The second-order valence-electron chi connectivity index (χ2n) is 7.81. The summed E-state index contributed by atoms with van der Waals surface area (Å²) in [6, 6.07) is 8.03. The van der Waals surface area contributed by atoms with Crippen LogP contribution in [0.2, 0.25) is 0 Å². The quantitative estimate of drug-likeness (QED) is 0.699. The molecule has 2 fully saturated rings. The van der Waals surface area contributed by atoms with Gasteiger partial charge in [-0.3, -0.25) is 4.79 Å². The van der Waals surface area contributed by atoms with E-state index in [-0.39, 0.29) is 26.9 Å². The number of benzene rings is 1. The van der Waals surface area contributed by atoms with Gasteiger partial charge in [0.15, 0.2) is 0 Å². The van der Waals surface area contributed by atoms with Gasteiger partial charge in [0.1, 0.15) is 15.6 Å². The molecule has 1 aliphatic heterocycles. The van der Waals surface area contributed by atoms with Gasteiger partial charge in [0.05, 0.1) is 0 Å². The molecule has 0 spiro atoms. The topological polar surface area (TPSA) is 66.5 Å². The average molecular weight is 469 g/mol. The number of hydrogen-bond donors (Lipinski definition) is 1. The van der Waals surface area contributed by atoms with Gasteiger partial charge in [-0.25, -0.2) is 12.8 Å². The van der Waals surface area contributed by atoms with Gasteiger partial charge in [0, 0.05) is 36.6 Å². The highest BCUT2D eigenvalue weighted by molar-refractivity contribution is 7.99. The molecular formula is C21H25FN2O3S3. The van der Waals surface area contributed by atoms with Crippen molar-refractivity contribution in [2.24, 2.45) is 0 Å². The Hall–Kier alpha value is -1.42.